The van der Waals surface area contributed by atoms with Crippen molar-refractivity contribution in [1.82, 2.24) is 14.3 Å². The number of aliphatic hydroxyl groups is 1. The third-order valence-corrected chi connectivity index (χ3v) is 5.47. The van der Waals surface area contributed by atoms with Crippen molar-refractivity contribution in [2.24, 2.45) is 7.05 Å². The summed E-state index contributed by atoms with van der Waals surface area (Å²) in [7, 11) is 1.43. The zero-order valence-corrected chi connectivity index (χ0v) is 22.1. The average molecular weight is 507 g/mol. The summed E-state index contributed by atoms with van der Waals surface area (Å²) in [5.41, 5.74) is -2.10. The Morgan fingerprint density at radius 3 is 2.56 bits per heavy atom. The minimum Gasteiger partial charge on any atom is -0.582 e. The Hall–Kier alpha value is -3.30. The molecule has 10 heteroatoms. The van der Waals surface area contributed by atoms with Crippen LogP contribution in [0.25, 0.3) is 0 Å². The van der Waals surface area contributed by atoms with Crippen LogP contribution in [0.3, 0.4) is 0 Å². The Labute approximate surface area is 212 Å². The molecule has 0 amide bonds. The number of aromatic hydroxyl groups is 1. The largest absolute Gasteiger partial charge is 0.582 e. The van der Waals surface area contributed by atoms with Gasteiger partial charge in [0.25, 0.3) is 11.6 Å². The molecule has 0 atom stereocenters. The molecule has 0 aliphatic heterocycles. The van der Waals surface area contributed by atoms with Gasteiger partial charge in [-0.2, -0.15) is 0 Å². The van der Waals surface area contributed by atoms with Crippen LogP contribution in [0.15, 0.2) is 33.9 Å². The van der Waals surface area contributed by atoms with Crippen LogP contribution in [-0.2, 0) is 23.1 Å². The molecule has 0 spiro atoms. The Kier molecular flexibility index (Phi) is 11.5. The van der Waals surface area contributed by atoms with E-state index in [2.05, 4.69) is 16.8 Å². The number of hydrogen-bond donors (Lipinski definition) is 0. The second-order valence-electron chi connectivity index (χ2n) is 9.00. The molecule has 10 nitrogen and oxygen atoms in total. The van der Waals surface area contributed by atoms with Crippen LogP contribution >= 0.6 is 0 Å². The number of esters is 1. The molecule has 1 aromatic heterocycles. The van der Waals surface area contributed by atoms with Gasteiger partial charge in [0.1, 0.15) is 5.75 Å². The second kappa shape index (κ2) is 14.3. The first-order valence-electron chi connectivity index (χ1n) is 12.6. The SMILES string of the molecule is CCCCCCCn1nc(OCCC[OH+]c2cccc(OC(C)(C)C(=O)OCC)c2)c(=O)n(C)c1=O. The fourth-order valence-electron chi connectivity index (χ4n) is 3.43. The Morgan fingerprint density at radius 1 is 1.08 bits per heavy atom. The van der Waals surface area contributed by atoms with Crippen LogP contribution in [0.4, 0.5) is 0 Å². The van der Waals surface area contributed by atoms with E-state index in [-0.39, 0.29) is 19.1 Å². The van der Waals surface area contributed by atoms with Crippen molar-refractivity contribution in [3.05, 3.63) is 45.1 Å². The Bertz CT molecular complexity index is 1090. The van der Waals surface area contributed by atoms with E-state index < -0.39 is 22.8 Å². The highest BCUT2D eigenvalue weighted by Crippen LogP contribution is 2.25. The van der Waals surface area contributed by atoms with Crippen molar-refractivity contribution in [3.63, 3.8) is 0 Å². The Morgan fingerprint density at radius 2 is 1.83 bits per heavy atom. The number of hydrogen-bond acceptors (Lipinski definition) is 7. The van der Waals surface area contributed by atoms with Crippen LogP contribution in [0.2, 0.25) is 0 Å². The first-order chi connectivity index (χ1) is 17.2. The molecule has 2 aromatic rings. The van der Waals surface area contributed by atoms with E-state index in [1.54, 1.807) is 39.0 Å². The van der Waals surface area contributed by atoms with E-state index >= 15 is 0 Å². The maximum atomic E-state index is 12.4. The maximum absolute atomic E-state index is 12.4. The molecule has 0 radical (unpaired) electrons. The topological polar surface area (TPSA) is 114 Å². The molecule has 0 aliphatic rings. The summed E-state index contributed by atoms with van der Waals surface area (Å²) >= 11 is 0. The fourth-order valence-corrected chi connectivity index (χ4v) is 3.43. The maximum Gasteiger partial charge on any atom is 0.349 e. The quantitative estimate of drug-likeness (QED) is 0.195. The minimum absolute atomic E-state index is 0.0812. The lowest BCUT2D eigenvalue weighted by Crippen LogP contribution is -2.40. The third-order valence-electron chi connectivity index (χ3n) is 5.47. The molecule has 0 bridgehead atoms. The molecule has 0 saturated heterocycles. The zero-order chi connectivity index (χ0) is 26.6. The highest BCUT2D eigenvalue weighted by atomic mass is 16.6. The predicted molar refractivity (Wildman–Crippen MR) is 137 cm³/mol. The predicted octanol–water partition coefficient (Wildman–Crippen LogP) is 3.34. The zero-order valence-electron chi connectivity index (χ0n) is 22.1. The smallest absolute Gasteiger partial charge is 0.349 e. The molecular formula is C26H40N3O7+. The average Bonchev–Trinajstić information content (AvgIpc) is 2.84. The van der Waals surface area contributed by atoms with Gasteiger partial charge in [-0.3, -0.25) is 9.36 Å². The molecule has 36 heavy (non-hydrogen) atoms. The summed E-state index contributed by atoms with van der Waals surface area (Å²) < 4.78 is 23.3. The number of ether oxygens (including phenoxy) is 4. The number of rotatable bonds is 16. The van der Waals surface area contributed by atoms with E-state index in [1.165, 1.54) is 11.7 Å². The lowest BCUT2D eigenvalue weighted by Gasteiger charge is -2.24. The van der Waals surface area contributed by atoms with Gasteiger partial charge in [0.2, 0.25) is 0 Å². The van der Waals surface area contributed by atoms with Crippen molar-refractivity contribution in [2.45, 2.75) is 78.4 Å². The van der Waals surface area contributed by atoms with E-state index in [0.29, 0.717) is 31.1 Å². The van der Waals surface area contributed by atoms with Crippen molar-refractivity contribution in [3.8, 4) is 17.4 Å². The molecule has 0 unspecified atom stereocenters. The summed E-state index contributed by atoms with van der Waals surface area (Å²) in [6.45, 7) is 8.61. The van der Waals surface area contributed by atoms with E-state index in [4.69, 9.17) is 14.2 Å². The number of unbranched alkanes of at least 4 members (excludes halogenated alkanes) is 4. The molecule has 1 N–H and O–H groups in total. The molecular weight excluding hydrogens is 466 g/mol. The number of aromatic nitrogens is 3. The number of carbonyl (C=O) groups is 1. The van der Waals surface area contributed by atoms with Gasteiger partial charge >= 0.3 is 17.2 Å². The summed E-state index contributed by atoms with van der Waals surface area (Å²) in [5, 5.41) is 4.14. The lowest BCUT2D eigenvalue weighted by atomic mass is 10.1. The minimum atomic E-state index is -1.12. The summed E-state index contributed by atoms with van der Waals surface area (Å²) in [4.78, 5) is 36.8. The number of benzene rings is 1. The van der Waals surface area contributed by atoms with Crippen molar-refractivity contribution < 1.29 is 23.7 Å². The standard InChI is InChI=1S/C26H39N3O7/c1-6-8-9-10-11-16-29-25(32)28(5)23(30)22(27-29)35-18-13-17-34-20-14-12-15-21(19-20)36-26(3,4)24(31)33-7-2/h12,14-15,19H,6-11,13,16-18H2,1-5H3/p+1. The van der Waals surface area contributed by atoms with Gasteiger partial charge < -0.3 is 18.9 Å². The summed E-state index contributed by atoms with van der Waals surface area (Å²) in [6, 6.07) is 7.13. The molecule has 200 valence electrons. The van der Waals surface area contributed by atoms with E-state index in [9.17, 15) is 14.4 Å². The molecule has 1 aromatic carbocycles. The third kappa shape index (κ3) is 8.73. The van der Waals surface area contributed by atoms with Crippen molar-refractivity contribution in [1.29, 1.82) is 0 Å². The van der Waals surface area contributed by atoms with Crippen LogP contribution in [0, 0.1) is 0 Å². The van der Waals surface area contributed by atoms with Gasteiger partial charge in [0.15, 0.2) is 12.2 Å². The fraction of sp³-hybridized carbons (Fsp3) is 0.615. The van der Waals surface area contributed by atoms with Crippen LogP contribution in [0.1, 0.15) is 66.2 Å². The van der Waals surface area contributed by atoms with E-state index in [1.807, 2.05) is 6.07 Å². The van der Waals surface area contributed by atoms with Crippen LogP contribution in [0.5, 0.6) is 17.4 Å². The molecule has 2 rings (SSSR count). The van der Waals surface area contributed by atoms with Crippen LogP contribution < -0.4 is 20.7 Å². The van der Waals surface area contributed by atoms with Gasteiger partial charge in [-0.05, 0) is 39.3 Å². The lowest BCUT2D eigenvalue weighted by molar-refractivity contribution is -0.158. The van der Waals surface area contributed by atoms with Crippen LogP contribution in [-0.4, -0.2) is 50.5 Å². The van der Waals surface area contributed by atoms with Crippen molar-refractivity contribution >= 4 is 5.97 Å². The summed E-state index contributed by atoms with van der Waals surface area (Å²) in [6.07, 6.45) is 5.80. The van der Waals surface area contributed by atoms with Gasteiger partial charge in [-0.15, -0.1) is 5.10 Å². The van der Waals surface area contributed by atoms with Gasteiger partial charge in [-0.1, -0.05) is 32.6 Å². The van der Waals surface area contributed by atoms with Gasteiger partial charge in [0, 0.05) is 19.7 Å². The normalized spacial score (nSPS) is 11.2. The molecule has 0 aliphatic carbocycles. The highest BCUT2D eigenvalue weighted by Gasteiger charge is 2.31. The number of carbonyl (C=O) groups excluding carboxylic acids is 1. The van der Waals surface area contributed by atoms with Crippen molar-refractivity contribution in [2.75, 3.05) is 19.8 Å². The first-order valence-corrected chi connectivity index (χ1v) is 12.6. The monoisotopic (exact) mass is 506 g/mol. The highest BCUT2D eigenvalue weighted by molar-refractivity contribution is 5.79. The van der Waals surface area contributed by atoms with E-state index in [0.717, 1.165) is 36.7 Å². The first kappa shape index (κ1) is 28.9. The molecule has 0 saturated carbocycles. The Balaban J connectivity index is 1.87. The number of nitrogens with zero attached hydrogens (tertiary/aromatic N) is 3. The van der Waals surface area contributed by atoms with Gasteiger partial charge in [0.05, 0.1) is 25.7 Å². The number of aryl methyl sites for hydroxylation is 1. The summed E-state index contributed by atoms with van der Waals surface area (Å²) in [5.74, 6) is 0.683. The van der Waals surface area contributed by atoms with Gasteiger partial charge in [-0.25, -0.2) is 14.3 Å². The molecule has 1 heterocycles. The molecule has 0 fully saturated rings. The second-order valence-corrected chi connectivity index (χ2v) is 9.00.